The van der Waals surface area contributed by atoms with Crippen LogP contribution in [-0.2, 0) is 6.18 Å². The molecule has 1 amide bonds. The zero-order valence-electron chi connectivity index (χ0n) is 18.1. The van der Waals surface area contributed by atoms with Crippen molar-refractivity contribution < 1.29 is 22.7 Å². The molecule has 0 unspecified atom stereocenters. The summed E-state index contributed by atoms with van der Waals surface area (Å²) in [5.41, 5.74) is 0.232. The lowest BCUT2D eigenvalue weighted by Crippen LogP contribution is -2.35. The highest BCUT2D eigenvalue weighted by Gasteiger charge is 2.32. The minimum atomic E-state index is -4.50. The Morgan fingerprint density at radius 2 is 1.82 bits per heavy atom. The molecule has 0 atom stereocenters. The first-order valence-corrected chi connectivity index (χ1v) is 11.7. The number of nitrogens with one attached hydrogen (secondary N) is 2. The van der Waals surface area contributed by atoms with E-state index < -0.39 is 17.6 Å². The van der Waals surface area contributed by atoms with Crippen LogP contribution >= 0.6 is 28.1 Å². The molecule has 0 aliphatic carbocycles. The highest BCUT2D eigenvalue weighted by atomic mass is 79.9. The molecule has 0 bridgehead atoms. The Bertz CT molecular complexity index is 1260. The Morgan fingerprint density at radius 3 is 2.50 bits per heavy atom. The van der Waals surface area contributed by atoms with Gasteiger partial charge in [-0.3, -0.25) is 10.1 Å². The molecule has 3 aromatic rings. The fourth-order valence-corrected chi connectivity index (χ4v) is 4.96. The molecule has 0 saturated carbocycles. The van der Waals surface area contributed by atoms with Crippen molar-refractivity contribution in [3.05, 3.63) is 64.1 Å². The molecule has 34 heavy (non-hydrogen) atoms. The van der Waals surface area contributed by atoms with Crippen LogP contribution in [0.25, 0.3) is 10.8 Å². The van der Waals surface area contributed by atoms with Crippen molar-refractivity contribution in [3.63, 3.8) is 0 Å². The van der Waals surface area contributed by atoms with Crippen LogP contribution in [0.4, 0.5) is 24.5 Å². The van der Waals surface area contributed by atoms with Crippen molar-refractivity contribution in [3.8, 4) is 5.75 Å². The highest BCUT2D eigenvalue weighted by Crippen LogP contribution is 2.38. The third kappa shape index (κ3) is 4.97. The van der Waals surface area contributed by atoms with E-state index in [2.05, 4.69) is 26.6 Å². The van der Waals surface area contributed by atoms with E-state index in [1.807, 2.05) is 29.2 Å². The average molecular weight is 552 g/mol. The largest absolute Gasteiger partial charge is 0.495 e. The van der Waals surface area contributed by atoms with E-state index in [-0.39, 0.29) is 16.4 Å². The number of alkyl halides is 3. The summed E-state index contributed by atoms with van der Waals surface area (Å²) < 4.78 is 46.1. The van der Waals surface area contributed by atoms with Gasteiger partial charge < -0.3 is 15.0 Å². The van der Waals surface area contributed by atoms with Crippen molar-refractivity contribution >= 4 is 61.3 Å². The summed E-state index contributed by atoms with van der Waals surface area (Å²) in [6.07, 6.45) is -2.59. The van der Waals surface area contributed by atoms with E-state index >= 15 is 0 Å². The second-order valence-electron chi connectivity index (χ2n) is 7.82. The van der Waals surface area contributed by atoms with Crippen LogP contribution in [0.1, 0.15) is 28.8 Å². The maximum Gasteiger partial charge on any atom is 0.416 e. The first kappa shape index (κ1) is 24.3. The fraction of sp³-hybridized carbons (Fsp3) is 0.250. The number of hydrogen-bond donors (Lipinski definition) is 2. The lowest BCUT2D eigenvalue weighted by Gasteiger charge is -2.23. The normalized spacial score (nSPS) is 13.7. The molecule has 3 aromatic carbocycles. The first-order valence-electron chi connectivity index (χ1n) is 10.5. The summed E-state index contributed by atoms with van der Waals surface area (Å²) in [4.78, 5) is 15.1. The monoisotopic (exact) mass is 551 g/mol. The molecule has 2 N–H and O–H groups in total. The number of ether oxygens (including phenoxy) is 1. The quantitative estimate of drug-likeness (QED) is 0.370. The zero-order valence-corrected chi connectivity index (χ0v) is 20.5. The van der Waals surface area contributed by atoms with Crippen LogP contribution in [0.3, 0.4) is 0 Å². The number of methoxy groups -OCH3 is 1. The molecule has 1 aliphatic heterocycles. The van der Waals surface area contributed by atoms with Crippen LogP contribution in [0.2, 0.25) is 0 Å². The first-order chi connectivity index (χ1) is 16.2. The third-order valence-corrected chi connectivity index (χ3v) is 6.63. The Labute approximate surface area is 208 Å². The van der Waals surface area contributed by atoms with Gasteiger partial charge in [-0.1, -0.05) is 24.3 Å². The Kier molecular flexibility index (Phi) is 6.99. The number of halogens is 4. The summed E-state index contributed by atoms with van der Waals surface area (Å²) >= 11 is 8.79. The van der Waals surface area contributed by atoms with Gasteiger partial charge >= 0.3 is 6.18 Å². The molecule has 0 radical (unpaired) electrons. The Balaban J connectivity index is 1.61. The van der Waals surface area contributed by atoms with Crippen molar-refractivity contribution in [1.82, 2.24) is 5.32 Å². The van der Waals surface area contributed by atoms with Gasteiger partial charge in [0.15, 0.2) is 5.11 Å². The maximum atomic E-state index is 13.3. The van der Waals surface area contributed by atoms with Gasteiger partial charge in [0.05, 0.1) is 34.1 Å². The van der Waals surface area contributed by atoms with Gasteiger partial charge in [0.1, 0.15) is 5.75 Å². The van der Waals surface area contributed by atoms with Gasteiger partial charge in [0.25, 0.3) is 5.91 Å². The number of rotatable bonds is 4. The van der Waals surface area contributed by atoms with E-state index in [0.29, 0.717) is 15.9 Å². The smallest absolute Gasteiger partial charge is 0.416 e. The predicted molar refractivity (Wildman–Crippen MR) is 135 cm³/mol. The number of anilines is 2. The lowest BCUT2D eigenvalue weighted by molar-refractivity contribution is -0.137. The summed E-state index contributed by atoms with van der Waals surface area (Å²) in [7, 11) is 1.45. The molecule has 5 nitrogen and oxygen atoms in total. The Morgan fingerprint density at radius 1 is 1.12 bits per heavy atom. The molecule has 10 heteroatoms. The van der Waals surface area contributed by atoms with E-state index in [9.17, 15) is 18.0 Å². The zero-order chi connectivity index (χ0) is 24.5. The number of fused-ring (bicyclic) bond motifs is 1. The number of nitrogens with zero attached hydrogens (tertiary/aromatic N) is 1. The van der Waals surface area contributed by atoms with Gasteiger partial charge in [-0.05, 0) is 76.0 Å². The molecule has 1 aliphatic rings. The van der Waals surface area contributed by atoms with Crippen LogP contribution in [0.15, 0.2) is 53.0 Å². The molecule has 1 fully saturated rings. The van der Waals surface area contributed by atoms with E-state index in [1.165, 1.54) is 13.2 Å². The number of benzene rings is 3. The van der Waals surface area contributed by atoms with Crippen molar-refractivity contribution in [2.24, 2.45) is 0 Å². The topological polar surface area (TPSA) is 53.6 Å². The highest BCUT2D eigenvalue weighted by molar-refractivity contribution is 9.10. The fourth-order valence-electron chi connectivity index (χ4n) is 4.02. The third-order valence-electron chi connectivity index (χ3n) is 5.64. The molecule has 0 spiro atoms. The lowest BCUT2D eigenvalue weighted by atomic mass is 10.1. The molecular formula is C24H21BrF3N3O2S. The number of hydrogen-bond acceptors (Lipinski definition) is 4. The SMILES string of the molecule is COc1c(C(=O)NC(=S)Nc2cc(C(F)(F)F)ccc2N2CCCC2)cc2ccccc2c1Br. The molecule has 178 valence electrons. The second-order valence-corrected chi connectivity index (χ2v) is 9.03. The van der Waals surface area contributed by atoms with Crippen LogP contribution in [0.5, 0.6) is 5.75 Å². The van der Waals surface area contributed by atoms with E-state index in [0.717, 1.165) is 48.8 Å². The average Bonchev–Trinajstić information content (AvgIpc) is 3.33. The summed E-state index contributed by atoms with van der Waals surface area (Å²) in [5, 5.41) is 6.93. The Hall–Kier alpha value is -2.85. The molecule has 0 aromatic heterocycles. The number of carbonyl (C=O) groups is 1. The number of carbonyl (C=O) groups excluding carboxylic acids is 1. The van der Waals surface area contributed by atoms with Gasteiger partial charge in [0, 0.05) is 13.1 Å². The maximum absolute atomic E-state index is 13.3. The van der Waals surface area contributed by atoms with Crippen molar-refractivity contribution in [2.75, 3.05) is 30.4 Å². The summed E-state index contributed by atoms with van der Waals surface area (Å²) in [6.45, 7) is 1.48. The van der Waals surface area contributed by atoms with Crippen LogP contribution in [0, 0.1) is 0 Å². The summed E-state index contributed by atoms with van der Waals surface area (Å²) in [5.74, 6) is -0.216. The second kappa shape index (κ2) is 9.79. The van der Waals surface area contributed by atoms with Crippen molar-refractivity contribution in [1.29, 1.82) is 0 Å². The molecule has 1 saturated heterocycles. The van der Waals surface area contributed by atoms with Crippen molar-refractivity contribution in [2.45, 2.75) is 19.0 Å². The van der Waals surface area contributed by atoms with E-state index in [4.69, 9.17) is 17.0 Å². The van der Waals surface area contributed by atoms with Crippen LogP contribution in [-0.4, -0.2) is 31.2 Å². The van der Waals surface area contributed by atoms with Crippen LogP contribution < -0.4 is 20.3 Å². The predicted octanol–water partition coefficient (Wildman–Crippen LogP) is 6.36. The van der Waals surface area contributed by atoms with Gasteiger partial charge in [-0.25, -0.2) is 0 Å². The molecule has 1 heterocycles. The minimum Gasteiger partial charge on any atom is -0.495 e. The van der Waals surface area contributed by atoms with Gasteiger partial charge in [0.2, 0.25) is 0 Å². The van der Waals surface area contributed by atoms with Gasteiger partial charge in [-0.15, -0.1) is 0 Å². The minimum absolute atomic E-state index is 0.115. The number of thiocarbonyl (C=S) groups is 1. The molecule has 4 rings (SSSR count). The van der Waals surface area contributed by atoms with E-state index in [1.54, 1.807) is 6.07 Å². The molecular weight excluding hydrogens is 531 g/mol. The van der Waals surface area contributed by atoms with Gasteiger partial charge in [-0.2, -0.15) is 13.2 Å². The number of amides is 1. The summed E-state index contributed by atoms with van der Waals surface area (Å²) in [6, 6.07) is 12.7. The standard InChI is InChI=1S/C24H21BrF3N3O2S/c1-33-21-17(12-14-6-2-3-7-16(14)20(21)25)22(32)30-23(34)29-18-13-15(24(26,27)28)8-9-19(18)31-10-4-5-11-31/h2-3,6-9,12-13H,4-5,10-11H2,1H3,(H2,29,30,32,34).